The van der Waals surface area contributed by atoms with Gasteiger partial charge in [-0.25, -0.2) is 0 Å². The van der Waals surface area contributed by atoms with Gasteiger partial charge in [-0.1, -0.05) is 18.8 Å². The number of aliphatic hydroxyl groups is 1. The molecule has 0 aliphatic rings. The lowest BCUT2D eigenvalue weighted by atomic mass is 10.1. The molecule has 0 heterocycles. The first-order valence-corrected chi connectivity index (χ1v) is 5.66. The van der Waals surface area contributed by atoms with Crippen molar-refractivity contribution in [2.45, 2.75) is 13.5 Å². The van der Waals surface area contributed by atoms with Crippen molar-refractivity contribution in [2.75, 3.05) is 27.3 Å². The van der Waals surface area contributed by atoms with Gasteiger partial charge in [0.1, 0.15) is 12.4 Å². The maximum atomic E-state index is 8.74. The van der Waals surface area contributed by atoms with Crippen molar-refractivity contribution in [3.8, 4) is 17.6 Å². The Labute approximate surface area is 103 Å². The maximum absolute atomic E-state index is 8.74. The van der Waals surface area contributed by atoms with Crippen LogP contribution in [0, 0.1) is 11.8 Å². The molecule has 1 rings (SSSR count). The number of hydrogen-bond acceptors (Lipinski definition) is 3. The molecule has 3 heteroatoms. The van der Waals surface area contributed by atoms with Gasteiger partial charge in [-0.2, -0.15) is 0 Å². The van der Waals surface area contributed by atoms with Crippen molar-refractivity contribution in [3.63, 3.8) is 0 Å². The predicted octanol–water partition coefficient (Wildman–Crippen LogP) is 1.49. The first-order chi connectivity index (χ1) is 8.21. The zero-order chi connectivity index (χ0) is 12.7. The highest BCUT2D eigenvalue weighted by atomic mass is 16.5. The lowest BCUT2D eigenvalue weighted by Gasteiger charge is -2.15. The van der Waals surface area contributed by atoms with Gasteiger partial charge in [-0.3, -0.25) is 0 Å². The van der Waals surface area contributed by atoms with Gasteiger partial charge in [0.2, 0.25) is 0 Å². The molecule has 0 spiro atoms. The van der Waals surface area contributed by atoms with Crippen molar-refractivity contribution in [2.24, 2.45) is 0 Å². The molecule has 0 atom stereocenters. The van der Waals surface area contributed by atoms with Crippen LogP contribution in [-0.2, 0) is 6.54 Å². The van der Waals surface area contributed by atoms with E-state index in [1.165, 1.54) is 0 Å². The molecule has 0 aliphatic carbocycles. The van der Waals surface area contributed by atoms with E-state index in [0.29, 0.717) is 0 Å². The minimum atomic E-state index is -0.116. The lowest BCUT2D eigenvalue weighted by molar-refractivity contribution is 0.344. The van der Waals surface area contributed by atoms with Gasteiger partial charge in [0.05, 0.1) is 7.11 Å². The molecule has 0 saturated heterocycles. The van der Waals surface area contributed by atoms with Crippen LogP contribution in [0.1, 0.15) is 18.1 Å². The molecule has 0 amide bonds. The van der Waals surface area contributed by atoms with Gasteiger partial charge >= 0.3 is 0 Å². The van der Waals surface area contributed by atoms with Gasteiger partial charge in [-0.05, 0) is 37.4 Å². The van der Waals surface area contributed by atoms with Crippen LogP contribution in [0.15, 0.2) is 18.2 Å². The summed E-state index contributed by atoms with van der Waals surface area (Å²) in [6.45, 7) is 3.79. The first kappa shape index (κ1) is 13.6. The van der Waals surface area contributed by atoms with Crippen molar-refractivity contribution in [3.05, 3.63) is 29.3 Å². The molecule has 0 aliphatic heterocycles. The molecule has 0 aromatic heterocycles. The SMILES string of the molecule is CCN(C)Cc1cc(OC)ccc1C#CCO. The Kier molecular flexibility index (Phi) is 5.55. The van der Waals surface area contributed by atoms with Crippen LogP contribution in [0.3, 0.4) is 0 Å². The summed E-state index contributed by atoms with van der Waals surface area (Å²) >= 11 is 0. The van der Waals surface area contributed by atoms with E-state index in [2.05, 4.69) is 30.7 Å². The fourth-order valence-corrected chi connectivity index (χ4v) is 1.49. The van der Waals surface area contributed by atoms with E-state index in [1.54, 1.807) is 7.11 Å². The summed E-state index contributed by atoms with van der Waals surface area (Å²) in [5.74, 6) is 6.47. The monoisotopic (exact) mass is 233 g/mol. The highest BCUT2D eigenvalue weighted by Gasteiger charge is 2.05. The van der Waals surface area contributed by atoms with Gasteiger partial charge < -0.3 is 14.7 Å². The molecule has 1 aromatic rings. The molecule has 3 nitrogen and oxygen atoms in total. The summed E-state index contributed by atoms with van der Waals surface area (Å²) in [6.07, 6.45) is 0. The van der Waals surface area contributed by atoms with Gasteiger partial charge in [0.25, 0.3) is 0 Å². The quantitative estimate of drug-likeness (QED) is 0.800. The standard InChI is InChI=1S/C14H19NO2/c1-4-15(2)11-13-10-14(17-3)8-7-12(13)6-5-9-16/h7-8,10,16H,4,9,11H2,1-3H3. The topological polar surface area (TPSA) is 32.7 Å². The number of methoxy groups -OCH3 is 1. The van der Waals surface area contributed by atoms with E-state index in [-0.39, 0.29) is 6.61 Å². The third kappa shape index (κ3) is 4.10. The fraction of sp³-hybridized carbons (Fsp3) is 0.429. The van der Waals surface area contributed by atoms with E-state index in [0.717, 1.165) is 30.0 Å². The Morgan fingerprint density at radius 1 is 1.41 bits per heavy atom. The highest BCUT2D eigenvalue weighted by Crippen LogP contribution is 2.18. The van der Waals surface area contributed by atoms with Crippen LogP contribution in [-0.4, -0.2) is 37.3 Å². The highest BCUT2D eigenvalue weighted by molar-refractivity contribution is 5.45. The molecular formula is C14H19NO2. The molecule has 1 N–H and O–H groups in total. The minimum Gasteiger partial charge on any atom is -0.497 e. The molecule has 0 saturated carbocycles. The van der Waals surface area contributed by atoms with E-state index in [1.807, 2.05) is 18.2 Å². The summed E-state index contributed by atoms with van der Waals surface area (Å²) in [6, 6.07) is 5.81. The number of rotatable bonds is 4. The van der Waals surface area contributed by atoms with Gasteiger partial charge in [-0.15, -0.1) is 0 Å². The summed E-state index contributed by atoms with van der Waals surface area (Å²) in [7, 11) is 3.71. The number of aliphatic hydroxyl groups excluding tert-OH is 1. The molecule has 1 aromatic carbocycles. The Morgan fingerprint density at radius 3 is 2.76 bits per heavy atom. The van der Waals surface area contributed by atoms with Crippen LogP contribution >= 0.6 is 0 Å². The molecule has 17 heavy (non-hydrogen) atoms. The second kappa shape index (κ2) is 6.95. The summed E-state index contributed by atoms with van der Waals surface area (Å²) in [5.41, 5.74) is 2.06. The van der Waals surface area contributed by atoms with Crippen LogP contribution in [0.2, 0.25) is 0 Å². The zero-order valence-corrected chi connectivity index (χ0v) is 10.7. The van der Waals surface area contributed by atoms with Crippen LogP contribution < -0.4 is 4.74 Å². The maximum Gasteiger partial charge on any atom is 0.119 e. The van der Waals surface area contributed by atoms with E-state index in [4.69, 9.17) is 9.84 Å². The number of hydrogen-bond donors (Lipinski definition) is 1. The minimum absolute atomic E-state index is 0.116. The lowest BCUT2D eigenvalue weighted by Crippen LogP contribution is -2.17. The third-order valence-electron chi connectivity index (χ3n) is 2.59. The van der Waals surface area contributed by atoms with E-state index < -0.39 is 0 Å². The Morgan fingerprint density at radius 2 is 2.18 bits per heavy atom. The fourth-order valence-electron chi connectivity index (χ4n) is 1.49. The molecule has 0 bridgehead atoms. The Bertz CT molecular complexity index is 418. The molecule has 92 valence electrons. The van der Waals surface area contributed by atoms with Crippen LogP contribution in [0.25, 0.3) is 0 Å². The summed E-state index contributed by atoms with van der Waals surface area (Å²) in [4.78, 5) is 2.19. The number of nitrogens with zero attached hydrogens (tertiary/aromatic N) is 1. The average Bonchev–Trinajstić information content (AvgIpc) is 2.36. The molecule has 0 radical (unpaired) electrons. The van der Waals surface area contributed by atoms with E-state index in [9.17, 15) is 0 Å². The molecular weight excluding hydrogens is 214 g/mol. The predicted molar refractivity (Wildman–Crippen MR) is 69.0 cm³/mol. The number of ether oxygens (including phenoxy) is 1. The van der Waals surface area contributed by atoms with Crippen molar-refractivity contribution >= 4 is 0 Å². The average molecular weight is 233 g/mol. The second-order valence-electron chi connectivity index (χ2n) is 3.81. The second-order valence-corrected chi connectivity index (χ2v) is 3.81. The summed E-state index contributed by atoms with van der Waals surface area (Å²) in [5, 5.41) is 8.74. The third-order valence-corrected chi connectivity index (χ3v) is 2.59. The van der Waals surface area contributed by atoms with Gasteiger partial charge in [0, 0.05) is 12.1 Å². The van der Waals surface area contributed by atoms with Crippen molar-refractivity contribution < 1.29 is 9.84 Å². The van der Waals surface area contributed by atoms with Gasteiger partial charge in [0.15, 0.2) is 0 Å². The first-order valence-electron chi connectivity index (χ1n) is 5.66. The smallest absolute Gasteiger partial charge is 0.119 e. The summed E-state index contributed by atoms with van der Waals surface area (Å²) < 4.78 is 5.21. The number of benzene rings is 1. The molecule has 0 fully saturated rings. The molecule has 0 unspecified atom stereocenters. The zero-order valence-electron chi connectivity index (χ0n) is 10.7. The van der Waals surface area contributed by atoms with Crippen molar-refractivity contribution in [1.82, 2.24) is 4.90 Å². The largest absolute Gasteiger partial charge is 0.497 e. The normalized spacial score (nSPS) is 9.94. The Balaban J connectivity index is 3.02. The van der Waals surface area contributed by atoms with Crippen LogP contribution in [0.5, 0.6) is 5.75 Å². The van der Waals surface area contributed by atoms with E-state index >= 15 is 0 Å². The Hall–Kier alpha value is -1.50. The van der Waals surface area contributed by atoms with Crippen LogP contribution in [0.4, 0.5) is 0 Å². The van der Waals surface area contributed by atoms with Crippen molar-refractivity contribution in [1.29, 1.82) is 0 Å².